The molecule has 1 aliphatic rings. The molecule has 0 spiro atoms. The van der Waals surface area contributed by atoms with Crippen molar-refractivity contribution in [3.63, 3.8) is 0 Å². The molecule has 0 fully saturated rings. The van der Waals surface area contributed by atoms with Crippen LogP contribution < -0.4 is 10.0 Å². The maximum Gasteiger partial charge on any atom is 0.243 e. The van der Waals surface area contributed by atoms with Crippen molar-refractivity contribution in [3.05, 3.63) is 82.9 Å². The Kier molecular flexibility index (Phi) is 5.73. The van der Waals surface area contributed by atoms with Crippen molar-refractivity contribution in [1.82, 2.24) is 19.8 Å². The van der Waals surface area contributed by atoms with E-state index in [0.717, 1.165) is 24.0 Å². The number of likely N-dealkylation sites (N-methyl/N-ethyl adjacent to an activating group) is 1. The Labute approximate surface area is 176 Å². The van der Waals surface area contributed by atoms with E-state index < -0.39 is 10.0 Å². The van der Waals surface area contributed by atoms with Crippen LogP contribution in [0.25, 0.3) is 0 Å². The number of sulfonamides is 1. The van der Waals surface area contributed by atoms with Crippen LogP contribution in [0.5, 0.6) is 0 Å². The second kappa shape index (κ2) is 8.29. The molecule has 158 valence electrons. The number of benzene rings is 2. The summed E-state index contributed by atoms with van der Waals surface area (Å²) in [7, 11) is -0.00178. The van der Waals surface area contributed by atoms with Gasteiger partial charge in [0, 0.05) is 31.7 Å². The molecule has 0 aliphatic heterocycles. The van der Waals surface area contributed by atoms with E-state index in [0.29, 0.717) is 0 Å². The average molecular weight is 429 g/mol. The number of aromatic nitrogens is 2. The molecule has 6 nitrogen and oxygen atoms in total. The second-order valence-electron chi connectivity index (χ2n) is 7.75. The van der Waals surface area contributed by atoms with Crippen LogP contribution in [0.2, 0.25) is 0 Å². The van der Waals surface area contributed by atoms with Crippen LogP contribution in [-0.4, -0.2) is 31.3 Å². The van der Waals surface area contributed by atoms with Gasteiger partial charge in [-0.3, -0.25) is 4.68 Å². The lowest BCUT2D eigenvalue weighted by molar-refractivity contribution is 0.490. The first-order valence-corrected chi connectivity index (χ1v) is 11.4. The zero-order valence-corrected chi connectivity index (χ0v) is 17.8. The maximum atomic E-state index is 13.6. The average Bonchev–Trinajstić information content (AvgIpc) is 3.31. The van der Waals surface area contributed by atoms with Crippen molar-refractivity contribution in [2.45, 2.75) is 36.2 Å². The minimum Gasteiger partial charge on any atom is -0.316 e. The predicted octanol–water partition coefficient (Wildman–Crippen LogP) is 2.51. The summed E-state index contributed by atoms with van der Waals surface area (Å²) in [5.41, 5.74) is 4.28. The molecule has 2 atom stereocenters. The monoisotopic (exact) mass is 428 g/mol. The van der Waals surface area contributed by atoms with Crippen LogP contribution in [0.4, 0.5) is 4.39 Å². The van der Waals surface area contributed by atoms with E-state index in [1.807, 2.05) is 19.2 Å². The highest BCUT2D eigenvalue weighted by Crippen LogP contribution is 2.36. The van der Waals surface area contributed by atoms with Crippen molar-refractivity contribution in [1.29, 1.82) is 0 Å². The van der Waals surface area contributed by atoms with Gasteiger partial charge in [0.05, 0.1) is 6.20 Å². The molecule has 0 amide bonds. The topological polar surface area (TPSA) is 76.0 Å². The summed E-state index contributed by atoms with van der Waals surface area (Å²) in [4.78, 5) is 0.144. The Hall–Kier alpha value is -2.55. The van der Waals surface area contributed by atoms with Gasteiger partial charge in [0.15, 0.2) is 0 Å². The zero-order chi connectivity index (χ0) is 21.3. The smallest absolute Gasteiger partial charge is 0.243 e. The Morgan fingerprint density at radius 3 is 2.73 bits per heavy atom. The predicted molar refractivity (Wildman–Crippen MR) is 113 cm³/mol. The van der Waals surface area contributed by atoms with Crippen molar-refractivity contribution in [2.75, 3.05) is 7.05 Å². The molecule has 2 N–H and O–H groups in total. The summed E-state index contributed by atoms with van der Waals surface area (Å²) >= 11 is 0. The van der Waals surface area contributed by atoms with Crippen LogP contribution in [0, 0.1) is 5.82 Å². The number of fused-ring (bicyclic) bond motifs is 1. The van der Waals surface area contributed by atoms with E-state index in [-0.39, 0.29) is 29.2 Å². The number of hydrogen-bond donors (Lipinski definition) is 2. The van der Waals surface area contributed by atoms with Gasteiger partial charge in [0.2, 0.25) is 10.0 Å². The quantitative estimate of drug-likeness (QED) is 0.606. The van der Waals surface area contributed by atoms with Gasteiger partial charge in [0.25, 0.3) is 0 Å². The van der Waals surface area contributed by atoms with Gasteiger partial charge in [-0.2, -0.15) is 5.10 Å². The number of rotatable bonds is 7. The molecule has 1 aromatic heterocycles. The first-order chi connectivity index (χ1) is 14.4. The highest BCUT2D eigenvalue weighted by Gasteiger charge is 2.31. The van der Waals surface area contributed by atoms with Crippen molar-refractivity contribution >= 4 is 10.0 Å². The molecular formula is C22H25FN4O2S. The van der Waals surface area contributed by atoms with Gasteiger partial charge < -0.3 is 5.32 Å². The number of aryl methyl sites for hydroxylation is 1. The Balaban J connectivity index is 1.54. The fourth-order valence-electron chi connectivity index (χ4n) is 4.15. The molecular weight excluding hydrogens is 403 g/mol. The van der Waals surface area contributed by atoms with Gasteiger partial charge in [-0.25, -0.2) is 17.5 Å². The van der Waals surface area contributed by atoms with Crippen LogP contribution in [0.15, 0.2) is 59.8 Å². The van der Waals surface area contributed by atoms with Gasteiger partial charge in [-0.15, -0.1) is 0 Å². The fraction of sp³-hybridized carbons (Fsp3) is 0.318. The molecule has 0 radical (unpaired) electrons. The third-order valence-corrected chi connectivity index (χ3v) is 7.06. The molecule has 4 rings (SSSR count). The largest absolute Gasteiger partial charge is 0.316 e. The summed E-state index contributed by atoms with van der Waals surface area (Å²) < 4.78 is 42.7. The first-order valence-electron chi connectivity index (χ1n) is 9.87. The highest BCUT2D eigenvalue weighted by atomic mass is 32.2. The van der Waals surface area contributed by atoms with Crippen molar-refractivity contribution in [2.24, 2.45) is 7.05 Å². The van der Waals surface area contributed by atoms with Crippen molar-refractivity contribution in [3.8, 4) is 0 Å². The Bertz CT molecular complexity index is 1160. The number of halogens is 1. The standard InChI is InChI=1S/C22H25FN4O2S/c1-24-22-11-17-7-6-16(12-26-30(28,29)19-13-25-27(2)14-19)10-20(17)21(22)9-15-4-3-5-18(23)8-15/h3-8,10,13-14,21-22,24,26H,9,11-12H2,1-2H3. The van der Waals surface area contributed by atoms with Crippen LogP contribution in [-0.2, 0) is 36.5 Å². The number of nitrogens with one attached hydrogen (secondary N) is 2. The molecule has 2 aromatic carbocycles. The van der Waals surface area contributed by atoms with Gasteiger partial charge >= 0.3 is 0 Å². The lowest BCUT2D eigenvalue weighted by Crippen LogP contribution is -2.30. The number of hydrogen-bond acceptors (Lipinski definition) is 4. The Morgan fingerprint density at radius 1 is 1.20 bits per heavy atom. The summed E-state index contributed by atoms with van der Waals surface area (Å²) in [6.07, 6.45) is 4.42. The summed E-state index contributed by atoms with van der Waals surface area (Å²) in [6.45, 7) is 0.196. The normalized spacial score (nSPS) is 18.5. The van der Waals surface area contributed by atoms with Gasteiger partial charge in [-0.1, -0.05) is 30.3 Å². The summed E-state index contributed by atoms with van der Waals surface area (Å²) in [5, 5.41) is 7.30. The zero-order valence-electron chi connectivity index (χ0n) is 17.0. The molecule has 8 heteroatoms. The molecule has 30 heavy (non-hydrogen) atoms. The second-order valence-corrected chi connectivity index (χ2v) is 9.51. The van der Waals surface area contributed by atoms with E-state index >= 15 is 0 Å². The van der Waals surface area contributed by atoms with E-state index in [1.165, 1.54) is 34.3 Å². The van der Waals surface area contributed by atoms with E-state index in [1.54, 1.807) is 19.2 Å². The minimum absolute atomic E-state index is 0.144. The fourth-order valence-corrected chi connectivity index (χ4v) is 5.15. The molecule has 3 aromatic rings. The molecule has 0 saturated heterocycles. The lowest BCUT2D eigenvalue weighted by Gasteiger charge is -2.20. The van der Waals surface area contributed by atoms with E-state index in [9.17, 15) is 12.8 Å². The van der Waals surface area contributed by atoms with Crippen LogP contribution in [0.1, 0.15) is 28.2 Å². The van der Waals surface area contributed by atoms with Gasteiger partial charge in [-0.05, 0) is 54.3 Å². The molecule has 1 heterocycles. The maximum absolute atomic E-state index is 13.6. The number of nitrogens with zero attached hydrogens (tertiary/aromatic N) is 2. The Morgan fingerprint density at radius 2 is 2.03 bits per heavy atom. The molecule has 1 aliphatic carbocycles. The minimum atomic E-state index is -3.62. The lowest BCUT2D eigenvalue weighted by atomic mass is 9.90. The summed E-state index contributed by atoms with van der Waals surface area (Å²) in [6, 6.07) is 13.1. The van der Waals surface area contributed by atoms with Gasteiger partial charge in [0.1, 0.15) is 10.7 Å². The van der Waals surface area contributed by atoms with Crippen molar-refractivity contribution < 1.29 is 12.8 Å². The van der Waals surface area contributed by atoms with Crippen LogP contribution in [0.3, 0.4) is 0 Å². The molecule has 2 unspecified atom stereocenters. The third kappa shape index (κ3) is 4.30. The van der Waals surface area contributed by atoms with E-state index in [4.69, 9.17) is 0 Å². The SMILES string of the molecule is CNC1Cc2ccc(CNS(=O)(=O)c3cnn(C)c3)cc2C1Cc1cccc(F)c1. The van der Waals surface area contributed by atoms with E-state index in [2.05, 4.69) is 27.3 Å². The third-order valence-electron chi connectivity index (χ3n) is 5.71. The van der Waals surface area contributed by atoms with Crippen LogP contribution >= 0.6 is 0 Å². The summed E-state index contributed by atoms with van der Waals surface area (Å²) in [5.74, 6) is -0.0352. The molecule has 0 bridgehead atoms. The first kappa shape index (κ1) is 20.7. The highest BCUT2D eigenvalue weighted by molar-refractivity contribution is 7.89. The molecule has 0 saturated carbocycles.